The monoisotopic (exact) mass is 475 g/mol. The highest BCUT2D eigenvalue weighted by molar-refractivity contribution is 5.88. The molecule has 2 aromatic rings. The lowest BCUT2D eigenvalue weighted by atomic mass is 9.45. The number of carbonyl (C=O) groups is 2. The molecule has 0 N–H and O–H groups in total. The van der Waals surface area contributed by atoms with Crippen LogP contribution in [-0.4, -0.2) is 32.9 Å². The first-order valence-electron chi connectivity index (χ1n) is 13.5. The van der Waals surface area contributed by atoms with E-state index in [1.54, 1.807) is 0 Å². The van der Waals surface area contributed by atoms with Crippen LogP contribution in [0.2, 0.25) is 0 Å². The van der Waals surface area contributed by atoms with E-state index >= 15 is 0 Å². The van der Waals surface area contributed by atoms with Crippen molar-refractivity contribution >= 4 is 11.8 Å². The first-order valence-corrected chi connectivity index (χ1v) is 13.5. The Balaban J connectivity index is 1.29. The van der Waals surface area contributed by atoms with Gasteiger partial charge in [0.05, 0.1) is 12.2 Å². The van der Waals surface area contributed by atoms with Gasteiger partial charge in [0.15, 0.2) is 0 Å². The second-order valence-corrected chi connectivity index (χ2v) is 12.2. The van der Waals surface area contributed by atoms with Crippen LogP contribution in [0.25, 0.3) is 11.3 Å². The molecule has 1 heterocycles. The molecule has 6 rings (SSSR count). The van der Waals surface area contributed by atoms with Gasteiger partial charge in [0.25, 0.3) is 0 Å². The van der Waals surface area contributed by atoms with Crippen LogP contribution < -0.4 is 0 Å². The second kappa shape index (κ2) is 8.28. The normalized spacial score (nSPS) is 40.5. The maximum Gasteiger partial charge on any atom is 0.302 e. The summed E-state index contributed by atoms with van der Waals surface area (Å²) in [5.74, 6) is 2.30. The van der Waals surface area contributed by atoms with Gasteiger partial charge in [-0.05, 0) is 74.0 Å². The van der Waals surface area contributed by atoms with Gasteiger partial charge in [-0.3, -0.25) is 9.59 Å². The average molecular weight is 476 g/mol. The third-order valence-electron chi connectivity index (χ3n) is 10.6. The van der Waals surface area contributed by atoms with Crippen molar-refractivity contribution in [1.29, 1.82) is 0 Å². The number of ketones is 1. The molecular weight excluding hydrogens is 438 g/mol. The van der Waals surface area contributed by atoms with Crippen molar-refractivity contribution in [2.75, 3.05) is 0 Å². The Morgan fingerprint density at radius 3 is 2.66 bits per heavy atom. The van der Waals surface area contributed by atoms with E-state index in [0.29, 0.717) is 35.9 Å². The van der Waals surface area contributed by atoms with Crippen molar-refractivity contribution in [1.82, 2.24) is 15.0 Å². The predicted octanol–water partition coefficient (Wildman–Crippen LogP) is 5.64. The van der Waals surface area contributed by atoms with Crippen molar-refractivity contribution in [3.05, 3.63) is 36.5 Å². The highest BCUT2D eigenvalue weighted by Crippen LogP contribution is 2.67. The van der Waals surface area contributed by atoms with Gasteiger partial charge in [0, 0.05) is 24.3 Å². The largest absolute Gasteiger partial charge is 0.463 e. The smallest absolute Gasteiger partial charge is 0.302 e. The molecular formula is C29H37N3O3. The summed E-state index contributed by atoms with van der Waals surface area (Å²) >= 11 is 0. The fourth-order valence-electron chi connectivity index (χ4n) is 8.83. The lowest BCUT2D eigenvalue weighted by Gasteiger charge is -2.60. The molecule has 1 aromatic carbocycles. The molecule has 0 bridgehead atoms. The summed E-state index contributed by atoms with van der Waals surface area (Å²) in [5, 5.41) is 9.06. The van der Waals surface area contributed by atoms with E-state index < -0.39 is 0 Å². The summed E-state index contributed by atoms with van der Waals surface area (Å²) < 4.78 is 7.65. The van der Waals surface area contributed by atoms with Crippen molar-refractivity contribution < 1.29 is 14.3 Å². The number of fused-ring (bicyclic) bond motifs is 5. The molecule has 0 unspecified atom stereocenters. The fourth-order valence-corrected chi connectivity index (χ4v) is 8.83. The van der Waals surface area contributed by atoms with Gasteiger partial charge in [0.2, 0.25) is 0 Å². The summed E-state index contributed by atoms with van der Waals surface area (Å²) in [5.41, 5.74) is 1.93. The standard InChI is InChI=1S/C29H37N3O3/c1-18(33)35-21-11-13-28(2)20(15-21)9-10-22-23(28)12-14-29(3)26(34)16-25(27(22)29)32-17-24(30-31-32)19-7-5-4-6-8-19/h4-8,17,20-23,25,27H,9-16H2,1-3H3/t20-,21-,22+,23-,25+,27+,28-,29+/m0/s1. The Morgan fingerprint density at radius 1 is 1.09 bits per heavy atom. The van der Waals surface area contributed by atoms with Crippen molar-refractivity contribution in [3.8, 4) is 11.3 Å². The molecule has 0 aliphatic heterocycles. The number of rotatable bonds is 3. The Morgan fingerprint density at radius 2 is 1.89 bits per heavy atom. The Kier molecular flexibility index (Phi) is 5.42. The van der Waals surface area contributed by atoms with E-state index in [0.717, 1.165) is 56.2 Å². The molecule has 4 saturated carbocycles. The number of Topliss-reactive ketones (excluding diaryl/α,β-unsaturated/α-hetero) is 1. The molecule has 6 heteroatoms. The summed E-state index contributed by atoms with van der Waals surface area (Å²) in [6.07, 6.45) is 10.2. The van der Waals surface area contributed by atoms with Crippen molar-refractivity contribution in [2.24, 2.45) is 34.5 Å². The van der Waals surface area contributed by atoms with Crippen LogP contribution in [0.3, 0.4) is 0 Å². The van der Waals surface area contributed by atoms with Gasteiger partial charge >= 0.3 is 5.97 Å². The topological polar surface area (TPSA) is 74.1 Å². The number of aromatic nitrogens is 3. The van der Waals surface area contributed by atoms with Crippen molar-refractivity contribution in [2.45, 2.75) is 84.3 Å². The van der Waals surface area contributed by atoms with Crippen LogP contribution in [0, 0.1) is 34.5 Å². The van der Waals surface area contributed by atoms with E-state index in [-0.39, 0.29) is 28.9 Å². The minimum atomic E-state index is -0.261. The molecule has 35 heavy (non-hydrogen) atoms. The van der Waals surface area contributed by atoms with Crippen LogP contribution >= 0.6 is 0 Å². The minimum Gasteiger partial charge on any atom is -0.463 e. The molecule has 1 aromatic heterocycles. The van der Waals surface area contributed by atoms with E-state index in [1.165, 1.54) is 6.92 Å². The first-order chi connectivity index (χ1) is 16.8. The zero-order valence-electron chi connectivity index (χ0n) is 21.2. The van der Waals surface area contributed by atoms with Crippen LogP contribution in [0.15, 0.2) is 36.5 Å². The Bertz CT molecular complexity index is 1130. The zero-order valence-corrected chi connectivity index (χ0v) is 21.2. The van der Waals surface area contributed by atoms with Crippen LogP contribution in [0.5, 0.6) is 0 Å². The van der Waals surface area contributed by atoms with E-state index in [9.17, 15) is 9.59 Å². The number of carbonyl (C=O) groups excluding carboxylic acids is 2. The van der Waals surface area contributed by atoms with E-state index in [4.69, 9.17) is 4.74 Å². The quantitative estimate of drug-likeness (QED) is 0.537. The van der Waals surface area contributed by atoms with Crippen LogP contribution in [0.1, 0.15) is 78.2 Å². The molecule has 0 saturated heterocycles. The summed E-state index contributed by atoms with van der Waals surface area (Å²) in [6, 6.07) is 10.2. The SMILES string of the molecule is CC(=O)O[C@H]1CC[C@@]2(C)[C@@H](CC[C@H]3[C@@H]4[C@H](n5cc(-c6ccccc6)nn5)CC(=O)[C@@]4(C)CC[C@@H]32)C1. The highest BCUT2D eigenvalue weighted by Gasteiger charge is 2.63. The summed E-state index contributed by atoms with van der Waals surface area (Å²) in [6.45, 7) is 6.25. The van der Waals surface area contributed by atoms with Crippen LogP contribution in [-0.2, 0) is 14.3 Å². The zero-order chi connectivity index (χ0) is 24.4. The summed E-state index contributed by atoms with van der Waals surface area (Å²) in [4.78, 5) is 25.0. The minimum absolute atomic E-state index is 0.0725. The van der Waals surface area contributed by atoms with Crippen LogP contribution in [0.4, 0.5) is 0 Å². The molecule has 0 spiro atoms. The third-order valence-corrected chi connectivity index (χ3v) is 10.6. The molecule has 4 fully saturated rings. The lowest BCUT2D eigenvalue weighted by molar-refractivity contribution is -0.161. The van der Waals surface area contributed by atoms with E-state index in [1.807, 2.05) is 22.9 Å². The molecule has 6 nitrogen and oxygen atoms in total. The third kappa shape index (κ3) is 3.58. The first kappa shape index (κ1) is 22.9. The second-order valence-electron chi connectivity index (χ2n) is 12.2. The van der Waals surface area contributed by atoms with Gasteiger partial charge in [0.1, 0.15) is 17.6 Å². The number of hydrogen-bond donors (Lipinski definition) is 0. The lowest BCUT2D eigenvalue weighted by Crippen LogP contribution is -2.55. The van der Waals surface area contributed by atoms with Gasteiger partial charge < -0.3 is 4.74 Å². The molecule has 8 atom stereocenters. The van der Waals surface area contributed by atoms with Gasteiger partial charge in [-0.2, -0.15) is 0 Å². The molecule has 186 valence electrons. The van der Waals surface area contributed by atoms with Gasteiger partial charge in [-0.1, -0.05) is 49.4 Å². The number of benzene rings is 1. The van der Waals surface area contributed by atoms with Crippen molar-refractivity contribution in [3.63, 3.8) is 0 Å². The molecule has 0 amide bonds. The number of nitrogens with zero attached hydrogens (tertiary/aromatic N) is 3. The molecule has 0 radical (unpaired) electrons. The molecule has 4 aliphatic carbocycles. The maximum atomic E-state index is 13.5. The predicted molar refractivity (Wildman–Crippen MR) is 132 cm³/mol. The average Bonchev–Trinajstić information content (AvgIpc) is 3.43. The maximum absolute atomic E-state index is 13.5. The molecule has 4 aliphatic rings. The Hall–Kier alpha value is -2.50. The number of hydrogen-bond acceptors (Lipinski definition) is 5. The number of ether oxygens (including phenoxy) is 1. The van der Waals surface area contributed by atoms with E-state index in [2.05, 4.69) is 42.5 Å². The number of esters is 1. The van der Waals surface area contributed by atoms with Gasteiger partial charge in [-0.15, -0.1) is 5.10 Å². The summed E-state index contributed by atoms with van der Waals surface area (Å²) in [7, 11) is 0. The highest BCUT2D eigenvalue weighted by atomic mass is 16.5. The Labute approximate surface area is 207 Å². The fraction of sp³-hybridized carbons (Fsp3) is 0.655. The van der Waals surface area contributed by atoms with Gasteiger partial charge in [-0.25, -0.2) is 4.68 Å².